The van der Waals surface area contributed by atoms with E-state index in [1.165, 1.54) is 0 Å². The van der Waals surface area contributed by atoms with Crippen molar-refractivity contribution in [1.82, 2.24) is 0 Å². The molecule has 0 aliphatic rings. The van der Waals surface area contributed by atoms with E-state index in [1.807, 2.05) is 0 Å². The maximum absolute atomic E-state index is 11.0. The average Bonchev–Trinajstić information content (AvgIpc) is 2.13. The van der Waals surface area contributed by atoms with Crippen molar-refractivity contribution in [2.24, 2.45) is 11.5 Å². The first-order valence-electron chi connectivity index (χ1n) is 3.92. The molecular weight excluding hydrogens is 228 g/mol. The molecular formula is C6H12N2O6S. The van der Waals surface area contributed by atoms with Crippen molar-refractivity contribution in [3.05, 3.63) is 0 Å². The van der Waals surface area contributed by atoms with Gasteiger partial charge in [0, 0.05) is 6.42 Å². The van der Waals surface area contributed by atoms with Crippen molar-refractivity contribution in [1.29, 1.82) is 0 Å². The Balaban J connectivity index is 4.17. The Morgan fingerprint density at radius 1 is 1.40 bits per heavy atom. The molecule has 0 amide bonds. The molecule has 0 rings (SSSR count). The number of carbonyl (C=O) groups is 2. The number of hydrogen-bond donors (Lipinski definition) is 3. The number of hydrogen-bond acceptors (Lipinski definition) is 7. The zero-order chi connectivity index (χ0) is 12.1. The van der Waals surface area contributed by atoms with E-state index in [-0.39, 0.29) is 12.8 Å². The fourth-order valence-corrected chi connectivity index (χ4v) is 1.06. The van der Waals surface area contributed by atoms with Crippen LogP contribution < -0.4 is 11.5 Å². The van der Waals surface area contributed by atoms with Crippen LogP contribution in [0.25, 0.3) is 0 Å². The van der Waals surface area contributed by atoms with Crippen LogP contribution in [0.3, 0.4) is 0 Å². The molecule has 8 nitrogen and oxygen atoms in total. The molecule has 0 aromatic heterocycles. The van der Waals surface area contributed by atoms with E-state index in [2.05, 4.69) is 4.18 Å². The van der Waals surface area contributed by atoms with E-state index in [1.54, 1.807) is 0 Å². The minimum atomic E-state index is -4.10. The Morgan fingerprint density at radius 3 is 2.33 bits per heavy atom. The molecule has 0 radical (unpaired) electrons. The van der Waals surface area contributed by atoms with Gasteiger partial charge in [-0.15, -0.1) is 0 Å². The lowest BCUT2D eigenvalue weighted by atomic mass is 10.2. The van der Waals surface area contributed by atoms with Gasteiger partial charge < -0.3 is 20.8 Å². The predicted molar refractivity (Wildman–Crippen MR) is 48.9 cm³/mol. The quantitative estimate of drug-likeness (QED) is 0.449. The van der Waals surface area contributed by atoms with Crippen LogP contribution in [0.15, 0.2) is 0 Å². The van der Waals surface area contributed by atoms with Crippen LogP contribution >= 0.6 is 0 Å². The number of carboxylic acid groups (broad SMARTS) is 1. The van der Waals surface area contributed by atoms with Crippen LogP contribution in [0.4, 0.5) is 0 Å². The highest BCUT2D eigenvalue weighted by atomic mass is 32.2. The summed E-state index contributed by atoms with van der Waals surface area (Å²) in [4.78, 5) is 21.1. The molecule has 0 spiro atoms. The SMILES string of the molecule is NCS(=O)(=O)OC(=O)[C@H](N)CCC(=O)O. The second-order valence-electron chi connectivity index (χ2n) is 2.67. The van der Waals surface area contributed by atoms with Crippen LogP contribution in [0.5, 0.6) is 0 Å². The van der Waals surface area contributed by atoms with E-state index in [9.17, 15) is 18.0 Å². The molecule has 88 valence electrons. The van der Waals surface area contributed by atoms with Crippen molar-refractivity contribution in [3.8, 4) is 0 Å². The zero-order valence-electron chi connectivity index (χ0n) is 7.75. The third-order valence-electron chi connectivity index (χ3n) is 1.39. The lowest BCUT2D eigenvalue weighted by Gasteiger charge is -2.08. The number of rotatable bonds is 6. The molecule has 0 saturated carbocycles. The number of carbonyl (C=O) groups excluding carboxylic acids is 1. The van der Waals surface area contributed by atoms with E-state index < -0.39 is 34.0 Å². The van der Waals surface area contributed by atoms with Crippen LogP contribution in [-0.4, -0.2) is 37.4 Å². The summed E-state index contributed by atoms with van der Waals surface area (Å²) < 4.78 is 25.4. The molecule has 15 heavy (non-hydrogen) atoms. The van der Waals surface area contributed by atoms with Crippen molar-refractivity contribution >= 4 is 22.1 Å². The Morgan fingerprint density at radius 2 is 1.93 bits per heavy atom. The van der Waals surface area contributed by atoms with Gasteiger partial charge >= 0.3 is 22.1 Å². The third kappa shape index (κ3) is 5.99. The molecule has 1 atom stereocenters. The number of carboxylic acids is 1. The van der Waals surface area contributed by atoms with Gasteiger partial charge in [0.2, 0.25) is 0 Å². The van der Waals surface area contributed by atoms with Gasteiger partial charge in [0.05, 0.1) is 0 Å². The molecule has 0 aliphatic heterocycles. The summed E-state index contributed by atoms with van der Waals surface area (Å²) in [6.45, 7) is 0. The largest absolute Gasteiger partial charge is 0.481 e. The second-order valence-corrected chi connectivity index (χ2v) is 4.28. The third-order valence-corrected chi connectivity index (χ3v) is 2.21. The van der Waals surface area contributed by atoms with Gasteiger partial charge in [-0.2, -0.15) is 8.42 Å². The Labute approximate surface area is 86.3 Å². The fourth-order valence-electron chi connectivity index (χ4n) is 0.618. The summed E-state index contributed by atoms with van der Waals surface area (Å²) in [5, 5.41) is 8.28. The average molecular weight is 240 g/mol. The second kappa shape index (κ2) is 5.63. The molecule has 0 saturated heterocycles. The van der Waals surface area contributed by atoms with Gasteiger partial charge in [-0.05, 0) is 6.42 Å². The summed E-state index contributed by atoms with van der Waals surface area (Å²) in [5.74, 6) is -3.19. The maximum atomic E-state index is 11.0. The smallest absolute Gasteiger partial charge is 0.338 e. The minimum absolute atomic E-state index is 0.200. The minimum Gasteiger partial charge on any atom is -0.481 e. The van der Waals surface area contributed by atoms with Gasteiger partial charge in [0.25, 0.3) is 0 Å². The Hall–Kier alpha value is -1.19. The molecule has 0 bridgehead atoms. The molecule has 0 fully saturated rings. The molecule has 0 aliphatic carbocycles. The lowest BCUT2D eigenvalue weighted by Crippen LogP contribution is -2.35. The van der Waals surface area contributed by atoms with Crippen molar-refractivity contribution in [2.75, 3.05) is 5.88 Å². The summed E-state index contributed by atoms with van der Waals surface area (Å²) in [7, 11) is -4.10. The highest BCUT2D eigenvalue weighted by Crippen LogP contribution is 2.00. The number of aliphatic carboxylic acids is 1. The Bertz CT molecular complexity index is 338. The van der Waals surface area contributed by atoms with E-state index in [4.69, 9.17) is 16.6 Å². The lowest BCUT2D eigenvalue weighted by molar-refractivity contribution is -0.138. The standard InChI is InChI=1S/C6H12N2O6S/c7-3-15(12,13)14-6(11)4(8)1-2-5(9)10/h4H,1-3,7-8H2,(H,9,10)/t4-/m1/s1. The van der Waals surface area contributed by atoms with E-state index in [0.717, 1.165) is 0 Å². The van der Waals surface area contributed by atoms with Crippen molar-refractivity contribution in [3.63, 3.8) is 0 Å². The van der Waals surface area contributed by atoms with Crippen molar-refractivity contribution in [2.45, 2.75) is 18.9 Å². The van der Waals surface area contributed by atoms with Gasteiger partial charge in [-0.3, -0.25) is 4.79 Å². The highest BCUT2D eigenvalue weighted by Gasteiger charge is 2.22. The molecule has 5 N–H and O–H groups in total. The molecule has 0 aromatic carbocycles. The van der Waals surface area contributed by atoms with Gasteiger partial charge in [-0.25, -0.2) is 4.79 Å². The summed E-state index contributed by atoms with van der Waals surface area (Å²) in [6.07, 6.45) is -0.548. The Kier molecular flexibility index (Phi) is 5.19. The van der Waals surface area contributed by atoms with Crippen LogP contribution in [0.1, 0.15) is 12.8 Å². The topological polar surface area (TPSA) is 150 Å². The summed E-state index contributed by atoms with van der Waals surface area (Å²) in [6, 6.07) is -1.29. The van der Waals surface area contributed by atoms with Gasteiger partial charge in [0.1, 0.15) is 11.9 Å². The number of nitrogens with two attached hydrogens (primary N) is 2. The first-order valence-corrected chi connectivity index (χ1v) is 5.49. The fraction of sp³-hybridized carbons (Fsp3) is 0.667. The molecule has 9 heteroatoms. The van der Waals surface area contributed by atoms with E-state index in [0.29, 0.717) is 0 Å². The first kappa shape index (κ1) is 13.8. The van der Waals surface area contributed by atoms with Gasteiger partial charge in [0.15, 0.2) is 0 Å². The normalized spacial score (nSPS) is 13.2. The summed E-state index contributed by atoms with van der Waals surface area (Å²) in [5.41, 5.74) is 9.96. The van der Waals surface area contributed by atoms with Crippen LogP contribution in [0, 0.1) is 0 Å². The van der Waals surface area contributed by atoms with E-state index >= 15 is 0 Å². The molecule has 0 aromatic rings. The zero-order valence-corrected chi connectivity index (χ0v) is 8.57. The maximum Gasteiger partial charge on any atom is 0.338 e. The van der Waals surface area contributed by atoms with Crippen molar-refractivity contribution < 1.29 is 27.3 Å². The highest BCUT2D eigenvalue weighted by molar-refractivity contribution is 7.87. The summed E-state index contributed by atoms with van der Waals surface area (Å²) >= 11 is 0. The molecule has 0 unspecified atom stereocenters. The van der Waals surface area contributed by atoms with Crippen LogP contribution in [-0.2, 0) is 23.9 Å². The predicted octanol–water partition coefficient (Wildman–Crippen LogP) is -2.03. The van der Waals surface area contributed by atoms with Crippen LogP contribution in [0.2, 0.25) is 0 Å². The molecule has 0 heterocycles. The monoisotopic (exact) mass is 240 g/mol. The first-order chi connectivity index (χ1) is 6.78. The van der Waals surface area contributed by atoms with Gasteiger partial charge in [-0.1, -0.05) is 0 Å².